The Balaban J connectivity index is 2.10. The third-order valence-electron chi connectivity index (χ3n) is 3.94. The van der Waals surface area contributed by atoms with Crippen molar-refractivity contribution in [1.82, 2.24) is 9.97 Å². The SMILES string of the molecule is Cc1cc(C)cc(-c2nc(N)c3c(n2)CCCCC3)c1. The zero-order valence-electron chi connectivity index (χ0n) is 12.2. The Labute approximate surface area is 120 Å². The Kier molecular flexibility index (Phi) is 3.43. The number of hydrogen-bond acceptors (Lipinski definition) is 3. The monoisotopic (exact) mass is 267 g/mol. The topological polar surface area (TPSA) is 51.8 Å². The van der Waals surface area contributed by atoms with Crippen LogP contribution in [0.15, 0.2) is 18.2 Å². The summed E-state index contributed by atoms with van der Waals surface area (Å²) in [6, 6.07) is 6.42. The summed E-state index contributed by atoms with van der Waals surface area (Å²) in [4.78, 5) is 9.34. The van der Waals surface area contributed by atoms with Crippen molar-refractivity contribution in [3.63, 3.8) is 0 Å². The summed E-state index contributed by atoms with van der Waals surface area (Å²) in [7, 11) is 0. The zero-order chi connectivity index (χ0) is 14.1. The largest absolute Gasteiger partial charge is 0.383 e. The number of benzene rings is 1. The third-order valence-corrected chi connectivity index (χ3v) is 3.94. The van der Waals surface area contributed by atoms with Crippen LogP contribution in [0.3, 0.4) is 0 Å². The number of aryl methyl sites for hydroxylation is 3. The van der Waals surface area contributed by atoms with E-state index in [1.165, 1.54) is 36.0 Å². The molecule has 0 radical (unpaired) electrons. The fraction of sp³-hybridized carbons (Fsp3) is 0.412. The van der Waals surface area contributed by atoms with E-state index in [0.717, 1.165) is 29.9 Å². The molecule has 0 saturated carbocycles. The molecule has 0 spiro atoms. The lowest BCUT2D eigenvalue weighted by Crippen LogP contribution is -2.06. The van der Waals surface area contributed by atoms with Gasteiger partial charge in [0.15, 0.2) is 5.82 Å². The Morgan fingerprint density at radius 3 is 2.35 bits per heavy atom. The minimum absolute atomic E-state index is 0.672. The van der Waals surface area contributed by atoms with Crippen molar-refractivity contribution in [3.8, 4) is 11.4 Å². The van der Waals surface area contributed by atoms with E-state index in [9.17, 15) is 0 Å². The number of aromatic nitrogens is 2. The summed E-state index contributed by atoms with van der Waals surface area (Å²) >= 11 is 0. The van der Waals surface area contributed by atoms with Crippen molar-refractivity contribution in [3.05, 3.63) is 40.6 Å². The highest BCUT2D eigenvalue weighted by atomic mass is 15.0. The molecule has 1 aromatic heterocycles. The molecule has 1 aromatic carbocycles. The van der Waals surface area contributed by atoms with Crippen molar-refractivity contribution in [2.24, 2.45) is 0 Å². The zero-order valence-corrected chi connectivity index (χ0v) is 12.2. The van der Waals surface area contributed by atoms with Gasteiger partial charge in [-0.05, 0) is 51.7 Å². The Morgan fingerprint density at radius 2 is 1.60 bits per heavy atom. The molecule has 3 heteroatoms. The molecule has 0 aliphatic heterocycles. The first-order valence-corrected chi connectivity index (χ1v) is 7.37. The molecule has 1 aliphatic carbocycles. The van der Waals surface area contributed by atoms with E-state index in [4.69, 9.17) is 10.7 Å². The van der Waals surface area contributed by atoms with Gasteiger partial charge in [-0.2, -0.15) is 0 Å². The number of hydrogen-bond donors (Lipinski definition) is 1. The van der Waals surface area contributed by atoms with E-state index in [2.05, 4.69) is 37.0 Å². The third kappa shape index (κ3) is 2.53. The molecule has 0 amide bonds. The van der Waals surface area contributed by atoms with Gasteiger partial charge in [0.25, 0.3) is 0 Å². The fourth-order valence-electron chi connectivity index (χ4n) is 3.03. The van der Waals surface area contributed by atoms with Gasteiger partial charge in [0.2, 0.25) is 0 Å². The van der Waals surface area contributed by atoms with Gasteiger partial charge in [0.05, 0.1) is 0 Å². The summed E-state index contributed by atoms with van der Waals surface area (Å²) in [6.07, 6.45) is 5.71. The average Bonchev–Trinajstić information content (AvgIpc) is 2.63. The molecular weight excluding hydrogens is 246 g/mol. The number of rotatable bonds is 1. The maximum Gasteiger partial charge on any atom is 0.161 e. The van der Waals surface area contributed by atoms with Gasteiger partial charge in [-0.3, -0.25) is 0 Å². The predicted molar refractivity (Wildman–Crippen MR) is 82.6 cm³/mol. The van der Waals surface area contributed by atoms with E-state index in [-0.39, 0.29) is 0 Å². The van der Waals surface area contributed by atoms with Crippen LogP contribution >= 0.6 is 0 Å². The van der Waals surface area contributed by atoms with Gasteiger partial charge in [-0.25, -0.2) is 9.97 Å². The smallest absolute Gasteiger partial charge is 0.161 e. The summed E-state index contributed by atoms with van der Waals surface area (Å²) < 4.78 is 0. The molecule has 2 N–H and O–H groups in total. The van der Waals surface area contributed by atoms with Gasteiger partial charge in [-0.1, -0.05) is 23.6 Å². The van der Waals surface area contributed by atoms with Crippen LogP contribution in [0.25, 0.3) is 11.4 Å². The first-order valence-electron chi connectivity index (χ1n) is 7.37. The first-order chi connectivity index (χ1) is 9.63. The summed E-state index contributed by atoms with van der Waals surface area (Å²) in [5.41, 5.74) is 12.0. The van der Waals surface area contributed by atoms with E-state index in [1.807, 2.05) is 0 Å². The van der Waals surface area contributed by atoms with Gasteiger partial charge in [0, 0.05) is 16.8 Å². The molecule has 104 valence electrons. The van der Waals surface area contributed by atoms with Crippen LogP contribution in [0.4, 0.5) is 5.82 Å². The lowest BCUT2D eigenvalue weighted by Gasteiger charge is -2.11. The first kappa shape index (κ1) is 13.1. The van der Waals surface area contributed by atoms with Crippen molar-refractivity contribution in [2.45, 2.75) is 46.0 Å². The average molecular weight is 267 g/mol. The quantitative estimate of drug-likeness (QED) is 0.803. The van der Waals surface area contributed by atoms with E-state index in [0.29, 0.717) is 5.82 Å². The predicted octanol–water partition coefficient (Wildman–Crippen LogP) is 3.61. The lowest BCUT2D eigenvalue weighted by molar-refractivity contribution is 0.709. The molecule has 0 atom stereocenters. The number of nitrogen functional groups attached to an aromatic ring is 1. The minimum Gasteiger partial charge on any atom is -0.383 e. The number of anilines is 1. The van der Waals surface area contributed by atoms with Gasteiger partial charge in [-0.15, -0.1) is 0 Å². The molecule has 0 bridgehead atoms. The molecule has 0 unspecified atom stereocenters. The molecular formula is C17H21N3. The van der Waals surface area contributed by atoms with Crippen LogP contribution < -0.4 is 5.73 Å². The highest BCUT2D eigenvalue weighted by molar-refractivity contribution is 5.61. The standard InChI is InChI=1S/C17H21N3/c1-11-8-12(2)10-13(9-11)17-19-15-7-5-3-4-6-14(15)16(18)20-17/h8-10H,3-7H2,1-2H3,(H2,18,19,20). The van der Waals surface area contributed by atoms with Crippen molar-refractivity contribution in [2.75, 3.05) is 5.73 Å². The normalized spacial score (nSPS) is 14.7. The van der Waals surface area contributed by atoms with Crippen LogP contribution in [-0.2, 0) is 12.8 Å². The second-order valence-corrected chi connectivity index (χ2v) is 5.79. The van der Waals surface area contributed by atoms with Gasteiger partial charge in [0.1, 0.15) is 5.82 Å². The maximum absolute atomic E-state index is 6.17. The molecule has 0 saturated heterocycles. The lowest BCUT2D eigenvalue weighted by atomic mass is 10.1. The van der Waals surface area contributed by atoms with Gasteiger partial charge >= 0.3 is 0 Å². The summed E-state index contributed by atoms with van der Waals surface area (Å²) in [6.45, 7) is 4.20. The van der Waals surface area contributed by atoms with Crippen LogP contribution in [-0.4, -0.2) is 9.97 Å². The highest BCUT2D eigenvalue weighted by Crippen LogP contribution is 2.27. The molecule has 1 heterocycles. The van der Waals surface area contributed by atoms with Crippen molar-refractivity contribution in [1.29, 1.82) is 0 Å². The Hall–Kier alpha value is -1.90. The van der Waals surface area contributed by atoms with E-state index >= 15 is 0 Å². The Bertz CT molecular complexity index is 627. The fourth-order valence-corrected chi connectivity index (χ4v) is 3.03. The van der Waals surface area contributed by atoms with Crippen LogP contribution in [0.5, 0.6) is 0 Å². The minimum atomic E-state index is 0.672. The molecule has 20 heavy (non-hydrogen) atoms. The summed E-state index contributed by atoms with van der Waals surface area (Å²) in [5.74, 6) is 1.45. The van der Waals surface area contributed by atoms with Crippen LogP contribution in [0.1, 0.15) is 41.6 Å². The van der Waals surface area contributed by atoms with Gasteiger partial charge < -0.3 is 5.73 Å². The van der Waals surface area contributed by atoms with E-state index in [1.54, 1.807) is 0 Å². The summed E-state index contributed by atoms with van der Waals surface area (Å²) in [5, 5.41) is 0. The molecule has 0 fully saturated rings. The number of fused-ring (bicyclic) bond motifs is 1. The number of nitrogens with two attached hydrogens (primary N) is 1. The molecule has 1 aliphatic rings. The molecule has 3 rings (SSSR count). The molecule has 3 nitrogen and oxygen atoms in total. The number of nitrogens with zero attached hydrogens (tertiary/aromatic N) is 2. The highest BCUT2D eigenvalue weighted by Gasteiger charge is 2.16. The van der Waals surface area contributed by atoms with E-state index < -0.39 is 0 Å². The van der Waals surface area contributed by atoms with Crippen molar-refractivity contribution >= 4 is 5.82 Å². The maximum atomic E-state index is 6.17. The van der Waals surface area contributed by atoms with Crippen LogP contribution in [0.2, 0.25) is 0 Å². The Morgan fingerprint density at radius 1 is 0.900 bits per heavy atom. The molecule has 2 aromatic rings. The second kappa shape index (κ2) is 5.23. The van der Waals surface area contributed by atoms with Crippen molar-refractivity contribution < 1.29 is 0 Å². The van der Waals surface area contributed by atoms with Crippen LogP contribution in [0, 0.1) is 13.8 Å². The second-order valence-electron chi connectivity index (χ2n) is 5.79.